The van der Waals surface area contributed by atoms with Gasteiger partial charge in [0, 0.05) is 39.8 Å². The van der Waals surface area contributed by atoms with Crippen molar-refractivity contribution in [3.8, 4) is 0 Å². The minimum atomic E-state index is -0.837. The second kappa shape index (κ2) is 9.51. The van der Waals surface area contributed by atoms with Crippen molar-refractivity contribution in [2.45, 2.75) is 0 Å². The number of carboxylic acids is 1. The van der Waals surface area contributed by atoms with Gasteiger partial charge in [-0.2, -0.15) is 0 Å². The third-order valence-corrected chi connectivity index (χ3v) is 2.97. The summed E-state index contributed by atoms with van der Waals surface area (Å²) in [7, 11) is 1.61. The monoisotopic (exact) mass is 289 g/mol. The maximum atomic E-state index is 11.8. The van der Waals surface area contributed by atoms with Crippen molar-refractivity contribution in [2.75, 3.05) is 66.2 Å². The Balaban J connectivity index is 2.08. The molecule has 0 saturated carbocycles. The van der Waals surface area contributed by atoms with E-state index in [4.69, 9.17) is 14.6 Å². The zero-order valence-corrected chi connectivity index (χ0v) is 11.8. The molecule has 20 heavy (non-hydrogen) atoms. The summed E-state index contributed by atoms with van der Waals surface area (Å²) in [5.41, 5.74) is 0. The van der Waals surface area contributed by atoms with E-state index < -0.39 is 5.97 Å². The van der Waals surface area contributed by atoms with Crippen molar-refractivity contribution in [2.24, 2.45) is 0 Å². The number of ether oxygens (including phenoxy) is 2. The number of hydrogen-bond donors (Lipinski definition) is 2. The number of carbonyl (C=O) groups is 2. The largest absolute Gasteiger partial charge is 0.480 e. The van der Waals surface area contributed by atoms with Gasteiger partial charge in [-0.25, -0.2) is 4.79 Å². The summed E-state index contributed by atoms with van der Waals surface area (Å²) in [4.78, 5) is 25.9. The number of aliphatic carboxylic acids is 1. The van der Waals surface area contributed by atoms with Crippen LogP contribution in [0.5, 0.6) is 0 Å². The summed E-state index contributed by atoms with van der Waals surface area (Å²) in [6.45, 7) is 4.26. The van der Waals surface area contributed by atoms with E-state index in [0.29, 0.717) is 52.5 Å². The molecule has 1 fully saturated rings. The Morgan fingerprint density at radius 3 is 2.45 bits per heavy atom. The maximum Gasteiger partial charge on any atom is 0.317 e. The molecule has 1 heterocycles. The third kappa shape index (κ3) is 6.69. The van der Waals surface area contributed by atoms with Crippen LogP contribution in [-0.4, -0.2) is 93.1 Å². The van der Waals surface area contributed by atoms with Crippen LogP contribution in [0.25, 0.3) is 0 Å². The van der Waals surface area contributed by atoms with Crippen LogP contribution in [0.2, 0.25) is 0 Å². The van der Waals surface area contributed by atoms with Crippen LogP contribution in [0.3, 0.4) is 0 Å². The fourth-order valence-corrected chi connectivity index (χ4v) is 1.89. The second-order valence-corrected chi connectivity index (χ2v) is 4.49. The van der Waals surface area contributed by atoms with Gasteiger partial charge in [0.15, 0.2) is 0 Å². The lowest BCUT2D eigenvalue weighted by atomic mass is 10.3. The van der Waals surface area contributed by atoms with Crippen molar-refractivity contribution in [1.29, 1.82) is 0 Å². The van der Waals surface area contributed by atoms with E-state index >= 15 is 0 Å². The number of piperazine rings is 1. The first kappa shape index (κ1) is 16.7. The Bertz CT molecular complexity index is 305. The summed E-state index contributed by atoms with van der Waals surface area (Å²) >= 11 is 0. The number of nitrogens with zero attached hydrogens (tertiary/aromatic N) is 2. The Kier molecular flexibility index (Phi) is 7.93. The molecule has 1 rings (SSSR count). The normalized spacial score (nSPS) is 16.1. The van der Waals surface area contributed by atoms with Crippen molar-refractivity contribution in [3.05, 3.63) is 0 Å². The van der Waals surface area contributed by atoms with E-state index in [-0.39, 0.29) is 12.6 Å². The van der Waals surface area contributed by atoms with Crippen LogP contribution in [0.4, 0.5) is 4.79 Å². The van der Waals surface area contributed by atoms with E-state index in [0.717, 1.165) is 0 Å². The van der Waals surface area contributed by atoms with Gasteiger partial charge in [0.1, 0.15) is 0 Å². The highest BCUT2D eigenvalue weighted by Crippen LogP contribution is 2.01. The molecule has 116 valence electrons. The van der Waals surface area contributed by atoms with Crippen molar-refractivity contribution < 1.29 is 24.2 Å². The highest BCUT2D eigenvalue weighted by atomic mass is 16.5. The van der Waals surface area contributed by atoms with Gasteiger partial charge in [0.05, 0.1) is 26.4 Å². The molecule has 0 bridgehead atoms. The molecule has 2 N–H and O–H groups in total. The molecule has 0 atom stereocenters. The lowest BCUT2D eigenvalue weighted by Crippen LogP contribution is -2.52. The number of hydrogen-bond acceptors (Lipinski definition) is 5. The van der Waals surface area contributed by atoms with Crippen molar-refractivity contribution in [3.63, 3.8) is 0 Å². The molecule has 8 heteroatoms. The standard InChI is InChI=1S/C12H23N3O5/c1-19-8-9-20-7-2-13-12(18)15-5-3-14(4-6-15)10-11(16)17/h2-10H2,1H3,(H,13,18)(H,16,17). The second-order valence-electron chi connectivity index (χ2n) is 4.49. The topological polar surface area (TPSA) is 91.3 Å². The molecule has 0 unspecified atom stereocenters. The van der Waals surface area contributed by atoms with Gasteiger partial charge >= 0.3 is 12.0 Å². The number of carboxylic acid groups (broad SMARTS) is 1. The first-order valence-electron chi connectivity index (χ1n) is 6.67. The molecule has 0 aromatic heterocycles. The van der Waals surface area contributed by atoms with Gasteiger partial charge in [0.25, 0.3) is 0 Å². The summed E-state index contributed by atoms with van der Waals surface area (Å²) in [5.74, 6) is -0.837. The fraction of sp³-hybridized carbons (Fsp3) is 0.833. The smallest absolute Gasteiger partial charge is 0.317 e. The van der Waals surface area contributed by atoms with Gasteiger partial charge in [-0.1, -0.05) is 0 Å². The van der Waals surface area contributed by atoms with E-state index in [2.05, 4.69) is 5.32 Å². The number of urea groups is 1. The molecule has 1 saturated heterocycles. The summed E-state index contributed by atoms with van der Waals surface area (Å²) < 4.78 is 10.1. The molecule has 2 amide bonds. The molecule has 1 aliphatic heterocycles. The predicted molar refractivity (Wildman–Crippen MR) is 71.7 cm³/mol. The Morgan fingerprint density at radius 2 is 1.85 bits per heavy atom. The lowest BCUT2D eigenvalue weighted by Gasteiger charge is -2.33. The average Bonchev–Trinajstić information content (AvgIpc) is 2.42. The first-order valence-corrected chi connectivity index (χ1v) is 6.67. The lowest BCUT2D eigenvalue weighted by molar-refractivity contribution is -0.138. The fourth-order valence-electron chi connectivity index (χ4n) is 1.89. The third-order valence-electron chi connectivity index (χ3n) is 2.97. The molecule has 0 radical (unpaired) electrons. The zero-order valence-electron chi connectivity index (χ0n) is 11.8. The number of rotatable bonds is 8. The molecule has 0 aromatic rings. The van der Waals surface area contributed by atoms with E-state index in [1.54, 1.807) is 12.0 Å². The highest BCUT2D eigenvalue weighted by Gasteiger charge is 2.21. The SMILES string of the molecule is COCCOCCNC(=O)N1CCN(CC(=O)O)CC1. The summed E-state index contributed by atoms with van der Waals surface area (Å²) in [6, 6.07) is -0.129. The van der Waals surface area contributed by atoms with E-state index in [1.807, 2.05) is 4.90 Å². The zero-order chi connectivity index (χ0) is 14.8. The molecule has 0 aliphatic carbocycles. The van der Waals surface area contributed by atoms with Gasteiger partial charge < -0.3 is 24.8 Å². The predicted octanol–water partition coefficient (Wildman–Crippen LogP) is -0.939. The molecule has 1 aliphatic rings. The van der Waals surface area contributed by atoms with E-state index in [1.165, 1.54) is 0 Å². The molecular weight excluding hydrogens is 266 g/mol. The number of carbonyl (C=O) groups excluding carboxylic acids is 1. The van der Waals surface area contributed by atoms with Crippen molar-refractivity contribution in [1.82, 2.24) is 15.1 Å². The van der Waals surface area contributed by atoms with Crippen LogP contribution in [-0.2, 0) is 14.3 Å². The molecule has 0 aromatic carbocycles. The van der Waals surface area contributed by atoms with Crippen LogP contribution in [0, 0.1) is 0 Å². The molecule has 0 spiro atoms. The maximum absolute atomic E-state index is 11.8. The molecular formula is C12H23N3O5. The van der Waals surface area contributed by atoms with Gasteiger partial charge in [-0.3, -0.25) is 9.69 Å². The van der Waals surface area contributed by atoms with Crippen LogP contribution < -0.4 is 5.32 Å². The highest BCUT2D eigenvalue weighted by molar-refractivity contribution is 5.74. The Morgan fingerprint density at radius 1 is 1.15 bits per heavy atom. The minimum Gasteiger partial charge on any atom is -0.480 e. The number of amides is 2. The van der Waals surface area contributed by atoms with Gasteiger partial charge in [0.2, 0.25) is 0 Å². The average molecular weight is 289 g/mol. The van der Waals surface area contributed by atoms with Crippen LogP contribution >= 0.6 is 0 Å². The molecule has 8 nitrogen and oxygen atoms in total. The van der Waals surface area contributed by atoms with Crippen LogP contribution in [0.15, 0.2) is 0 Å². The number of methoxy groups -OCH3 is 1. The quantitative estimate of drug-likeness (QED) is 0.561. The number of nitrogens with one attached hydrogen (secondary N) is 1. The van der Waals surface area contributed by atoms with Crippen molar-refractivity contribution >= 4 is 12.0 Å². The Labute approximate surface area is 118 Å². The summed E-state index contributed by atoms with van der Waals surface area (Å²) in [6.07, 6.45) is 0. The Hall–Kier alpha value is -1.38. The summed E-state index contributed by atoms with van der Waals surface area (Å²) in [5, 5.41) is 11.5. The van der Waals surface area contributed by atoms with Crippen LogP contribution in [0.1, 0.15) is 0 Å². The first-order chi connectivity index (χ1) is 9.63. The minimum absolute atomic E-state index is 0.0306. The van der Waals surface area contributed by atoms with Gasteiger partial charge in [-0.15, -0.1) is 0 Å². The van der Waals surface area contributed by atoms with E-state index in [9.17, 15) is 9.59 Å². The van der Waals surface area contributed by atoms with Gasteiger partial charge in [-0.05, 0) is 0 Å².